The Morgan fingerprint density at radius 3 is 2.28 bits per heavy atom. The predicted octanol–water partition coefficient (Wildman–Crippen LogP) is 2.65. The van der Waals surface area contributed by atoms with Gasteiger partial charge in [0.1, 0.15) is 0 Å². The van der Waals surface area contributed by atoms with Crippen molar-refractivity contribution in [1.82, 2.24) is 9.97 Å². The molecule has 0 atom stereocenters. The van der Waals surface area contributed by atoms with Crippen LogP contribution in [0.5, 0.6) is 0 Å². The summed E-state index contributed by atoms with van der Waals surface area (Å²) < 4.78 is 0. The zero-order valence-corrected chi connectivity index (χ0v) is 11.1. The molecule has 0 radical (unpaired) electrons. The number of anilines is 1. The number of ketones is 1. The molecule has 0 bridgehead atoms. The van der Waals surface area contributed by atoms with Crippen molar-refractivity contribution in [3.8, 4) is 11.3 Å². The van der Waals surface area contributed by atoms with Crippen molar-refractivity contribution in [2.45, 2.75) is 13.8 Å². The highest BCUT2D eigenvalue weighted by molar-refractivity contribution is 5.91. The van der Waals surface area contributed by atoms with E-state index in [0.717, 1.165) is 22.6 Å². The highest BCUT2D eigenvalue weighted by atomic mass is 16.1. The van der Waals surface area contributed by atoms with E-state index < -0.39 is 0 Å². The number of imidazole rings is 1. The van der Waals surface area contributed by atoms with Gasteiger partial charge in [0.25, 0.3) is 0 Å². The van der Waals surface area contributed by atoms with Crippen molar-refractivity contribution in [3.63, 3.8) is 0 Å². The van der Waals surface area contributed by atoms with Gasteiger partial charge in [-0.15, -0.1) is 0 Å². The molecule has 1 aromatic carbocycles. The minimum Gasteiger partial charge on any atom is -0.378 e. The number of benzene rings is 1. The molecule has 0 fully saturated rings. The lowest BCUT2D eigenvalue weighted by Gasteiger charge is -2.12. The van der Waals surface area contributed by atoms with E-state index in [1.54, 1.807) is 0 Å². The van der Waals surface area contributed by atoms with Crippen molar-refractivity contribution < 1.29 is 4.79 Å². The molecule has 0 unspecified atom stereocenters. The normalized spacial score (nSPS) is 10.4. The number of nitrogens with zero attached hydrogens (tertiary/aromatic N) is 2. The van der Waals surface area contributed by atoms with Crippen LogP contribution in [0.25, 0.3) is 11.3 Å². The highest BCUT2D eigenvalue weighted by Crippen LogP contribution is 2.23. The number of carbonyl (C=O) groups excluding carboxylic acids is 1. The molecule has 2 rings (SSSR count). The summed E-state index contributed by atoms with van der Waals surface area (Å²) in [7, 11) is 4.01. The van der Waals surface area contributed by atoms with Crippen molar-refractivity contribution in [1.29, 1.82) is 0 Å². The van der Waals surface area contributed by atoms with E-state index in [9.17, 15) is 4.79 Å². The fraction of sp³-hybridized carbons (Fsp3) is 0.286. The van der Waals surface area contributed by atoms with E-state index in [2.05, 4.69) is 9.97 Å². The van der Waals surface area contributed by atoms with Gasteiger partial charge in [-0.25, -0.2) is 4.98 Å². The number of aromatic amines is 1. The number of rotatable bonds is 3. The van der Waals surface area contributed by atoms with Crippen LogP contribution in [0.4, 0.5) is 5.69 Å². The van der Waals surface area contributed by atoms with Gasteiger partial charge in [0.2, 0.25) is 0 Å². The third-order valence-corrected chi connectivity index (χ3v) is 2.88. The van der Waals surface area contributed by atoms with Gasteiger partial charge in [-0.1, -0.05) is 12.1 Å². The molecule has 4 heteroatoms. The number of H-pyrrole nitrogens is 1. The second-order valence-corrected chi connectivity index (χ2v) is 4.56. The molecule has 0 aliphatic rings. The molecule has 0 saturated heterocycles. The van der Waals surface area contributed by atoms with Crippen LogP contribution >= 0.6 is 0 Å². The van der Waals surface area contributed by atoms with E-state index in [1.165, 1.54) is 6.92 Å². The average molecular weight is 243 g/mol. The lowest BCUT2D eigenvalue weighted by atomic mass is 10.1. The molecule has 1 aromatic heterocycles. The van der Waals surface area contributed by atoms with Crippen LogP contribution in [-0.2, 0) is 0 Å². The third-order valence-electron chi connectivity index (χ3n) is 2.88. The van der Waals surface area contributed by atoms with Crippen LogP contribution < -0.4 is 4.90 Å². The Kier molecular flexibility index (Phi) is 3.19. The maximum absolute atomic E-state index is 11.3. The van der Waals surface area contributed by atoms with E-state index >= 15 is 0 Å². The second-order valence-electron chi connectivity index (χ2n) is 4.56. The first kappa shape index (κ1) is 12.4. The Hall–Kier alpha value is -2.10. The van der Waals surface area contributed by atoms with Crippen molar-refractivity contribution in [3.05, 3.63) is 35.8 Å². The molecule has 1 N–H and O–H groups in total. The van der Waals surface area contributed by atoms with Gasteiger partial charge < -0.3 is 9.88 Å². The number of hydrogen-bond donors (Lipinski definition) is 1. The molecule has 0 aliphatic carbocycles. The van der Waals surface area contributed by atoms with Crippen LogP contribution in [0.1, 0.15) is 23.2 Å². The van der Waals surface area contributed by atoms with Gasteiger partial charge in [0.05, 0.1) is 5.69 Å². The Bertz CT molecular complexity index is 567. The lowest BCUT2D eigenvalue weighted by molar-refractivity contribution is 0.100. The molecular weight excluding hydrogens is 226 g/mol. The molecule has 18 heavy (non-hydrogen) atoms. The first-order valence-electron chi connectivity index (χ1n) is 5.84. The number of carbonyl (C=O) groups is 1. The fourth-order valence-electron chi connectivity index (χ4n) is 1.83. The number of hydrogen-bond acceptors (Lipinski definition) is 3. The summed E-state index contributed by atoms with van der Waals surface area (Å²) in [4.78, 5) is 20.7. The minimum atomic E-state index is -0.0470. The summed E-state index contributed by atoms with van der Waals surface area (Å²) in [5, 5.41) is 0. The van der Waals surface area contributed by atoms with Crippen LogP contribution in [-0.4, -0.2) is 29.8 Å². The van der Waals surface area contributed by atoms with Crippen molar-refractivity contribution >= 4 is 11.5 Å². The average Bonchev–Trinajstić information content (AvgIpc) is 2.71. The SMILES string of the molecule is CC(=O)c1nc(-c2ccc(N(C)C)cc2)c(C)[nH]1. The molecule has 0 amide bonds. The Labute approximate surface area is 107 Å². The molecule has 2 aromatic rings. The fourth-order valence-corrected chi connectivity index (χ4v) is 1.83. The van der Waals surface area contributed by atoms with Crippen molar-refractivity contribution in [2.75, 3.05) is 19.0 Å². The molecule has 4 nitrogen and oxygen atoms in total. The summed E-state index contributed by atoms with van der Waals surface area (Å²) in [6.07, 6.45) is 0. The number of aromatic nitrogens is 2. The minimum absolute atomic E-state index is 0.0470. The van der Waals surface area contributed by atoms with Crippen molar-refractivity contribution in [2.24, 2.45) is 0 Å². The highest BCUT2D eigenvalue weighted by Gasteiger charge is 2.11. The largest absolute Gasteiger partial charge is 0.378 e. The third kappa shape index (κ3) is 2.27. The molecule has 0 saturated carbocycles. The van der Waals surface area contributed by atoms with Crippen LogP contribution in [0.3, 0.4) is 0 Å². The molecule has 0 spiro atoms. The number of nitrogens with one attached hydrogen (secondary N) is 1. The predicted molar refractivity (Wildman–Crippen MR) is 73.1 cm³/mol. The smallest absolute Gasteiger partial charge is 0.195 e. The summed E-state index contributed by atoms with van der Waals surface area (Å²) in [6.45, 7) is 3.44. The van der Waals surface area contributed by atoms with Crippen LogP contribution in [0, 0.1) is 6.92 Å². The second kappa shape index (κ2) is 4.64. The van der Waals surface area contributed by atoms with Gasteiger partial charge >= 0.3 is 0 Å². The summed E-state index contributed by atoms with van der Waals surface area (Å²) in [5.74, 6) is 0.369. The van der Waals surface area contributed by atoms with E-state index in [-0.39, 0.29) is 5.78 Å². The van der Waals surface area contributed by atoms with E-state index in [0.29, 0.717) is 5.82 Å². The van der Waals surface area contributed by atoms with Gasteiger partial charge in [0.15, 0.2) is 11.6 Å². The molecular formula is C14H17N3O. The monoisotopic (exact) mass is 243 g/mol. The van der Waals surface area contributed by atoms with E-state index in [4.69, 9.17) is 0 Å². The maximum Gasteiger partial charge on any atom is 0.195 e. The van der Waals surface area contributed by atoms with Gasteiger partial charge in [-0.3, -0.25) is 4.79 Å². The number of Topliss-reactive ketones (excluding diaryl/α,β-unsaturated/α-hetero) is 1. The van der Waals surface area contributed by atoms with Crippen LogP contribution in [0.2, 0.25) is 0 Å². The van der Waals surface area contributed by atoms with Gasteiger partial charge in [-0.2, -0.15) is 0 Å². The molecule has 1 heterocycles. The zero-order valence-electron chi connectivity index (χ0n) is 11.1. The lowest BCUT2D eigenvalue weighted by Crippen LogP contribution is -2.07. The summed E-state index contributed by atoms with van der Waals surface area (Å²) in [6, 6.07) is 8.11. The molecule has 0 aliphatic heterocycles. The molecule has 94 valence electrons. The summed E-state index contributed by atoms with van der Waals surface area (Å²) >= 11 is 0. The maximum atomic E-state index is 11.3. The van der Waals surface area contributed by atoms with E-state index in [1.807, 2.05) is 50.2 Å². The topological polar surface area (TPSA) is 49.0 Å². The standard InChI is InChI=1S/C14H17N3O/c1-9-13(16-14(15-9)10(2)18)11-5-7-12(8-6-11)17(3)4/h5-8H,1-4H3,(H,15,16). The first-order valence-corrected chi connectivity index (χ1v) is 5.84. The van der Waals surface area contributed by atoms with Gasteiger partial charge in [-0.05, 0) is 19.1 Å². The Morgan fingerprint density at radius 2 is 1.83 bits per heavy atom. The Morgan fingerprint density at radius 1 is 1.22 bits per heavy atom. The quantitative estimate of drug-likeness (QED) is 0.843. The zero-order chi connectivity index (χ0) is 13.3. The summed E-state index contributed by atoms with van der Waals surface area (Å²) in [5.41, 5.74) is 3.91. The number of aryl methyl sites for hydroxylation is 1. The van der Waals surface area contributed by atoms with Gasteiger partial charge in [0, 0.05) is 38.0 Å². The van der Waals surface area contributed by atoms with Crippen LogP contribution in [0.15, 0.2) is 24.3 Å². The first-order chi connectivity index (χ1) is 8.49. The Balaban J connectivity index is 2.39.